The van der Waals surface area contributed by atoms with Crippen molar-refractivity contribution in [1.29, 1.82) is 0 Å². The molecule has 4 saturated heterocycles. The molecule has 0 amide bonds. The fraction of sp³-hybridized carbons (Fsp3) is 1.00. The molecule has 12 unspecified atom stereocenters. The van der Waals surface area contributed by atoms with Gasteiger partial charge < -0.3 is 64.2 Å². The van der Waals surface area contributed by atoms with Gasteiger partial charge in [0.05, 0.1) is 37.1 Å². The predicted octanol–water partition coefficient (Wildman–Crippen LogP) is 1.44. The molecule has 8 rings (SSSR count). The van der Waals surface area contributed by atoms with E-state index in [9.17, 15) is 35.7 Å². The van der Waals surface area contributed by atoms with E-state index in [1.807, 2.05) is 0 Å². The summed E-state index contributed by atoms with van der Waals surface area (Å²) in [6.07, 6.45) is -7.54. The largest absolute Gasteiger partial charge is 0.393 e. The Bertz CT molecular complexity index is 1310. The number of hydrogen-bond donors (Lipinski definition) is 7. The molecule has 13 heteroatoms. The molecule has 8 fully saturated rings. The van der Waals surface area contributed by atoms with Crippen LogP contribution in [0.25, 0.3) is 0 Å². The maximum Gasteiger partial charge on any atom is 0.197 e. The first kappa shape index (κ1) is 38.4. The summed E-state index contributed by atoms with van der Waals surface area (Å²) < 4.78 is 37.9. The van der Waals surface area contributed by atoms with Crippen molar-refractivity contribution < 1.29 is 64.2 Å². The normalized spacial score (nSPS) is 61.9. The third-order valence-electron chi connectivity index (χ3n) is 16.1. The second-order valence-corrected chi connectivity index (χ2v) is 18.9. The van der Waals surface area contributed by atoms with Crippen molar-refractivity contribution in [1.82, 2.24) is 0 Å². The summed E-state index contributed by atoms with van der Waals surface area (Å²) in [4.78, 5) is 0. The Morgan fingerprint density at radius 2 is 1.31 bits per heavy atom. The highest BCUT2D eigenvalue weighted by Crippen LogP contribution is 2.71. The van der Waals surface area contributed by atoms with Crippen molar-refractivity contribution in [2.75, 3.05) is 6.61 Å². The van der Waals surface area contributed by atoms with E-state index in [1.165, 1.54) is 0 Å². The molecule has 0 aromatic carbocycles. The molecule has 0 bridgehead atoms. The van der Waals surface area contributed by atoms with Crippen LogP contribution in [0.2, 0.25) is 0 Å². The van der Waals surface area contributed by atoms with Gasteiger partial charge in [0.15, 0.2) is 18.4 Å². The molecule has 8 aliphatic rings. The molecule has 13 nitrogen and oxygen atoms in total. The lowest BCUT2D eigenvalue weighted by Crippen LogP contribution is -2.64. The van der Waals surface area contributed by atoms with Gasteiger partial charge in [-0.1, -0.05) is 27.7 Å². The zero-order valence-corrected chi connectivity index (χ0v) is 31.6. The van der Waals surface area contributed by atoms with E-state index in [4.69, 9.17) is 28.4 Å². The van der Waals surface area contributed by atoms with Crippen molar-refractivity contribution in [2.24, 2.45) is 52.3 Å². The van der Waals surface area contributed by atoms with Crippen LogP contribution in [-0.2, 0) is 28.4 Å². The van der Waals surface area contributed by atoms with E-state index in [-0.39, 0.29) is 46.7 Å². The summed E-state index contributed by atoms with van der Waals surface area (Å²) in [7, 11) is 0. The van der Waals surface area contributed by atoms with Crippen molar-refractivity contribution in [3.8, 4) is 0 Å². The Morgan fingerprint density at radius 1 is 0.635 bits per heavy atom. The summed E-state index contributed by atoms with van der Waals surface area (Å²) in [5, 5.41) is 76.3. The summed E-state index contributed by atoms with van der Waals surface area (Å²) in [6.45, 7) is 12.9. The van der Waals surface area contributed by atoms with Gasteiger partial charge >= 0.3 is 0 Å². The topological polar surface area (TPSA) is 197 Å². The first-order valence-corrected chi connectivity index (χ1v) is 20.2. The van der Waals surface area contributed by atoms with E-state index in [1.54, 1.807) is 13.8 Å². The molecule has 4 heterocycles. The molecule has 7 N–H and O–H groups in total. The van der Waals surface area contributed by atoms with Crippen LogP contribution >= 0.6 is 0 Å². The van der Waals surface area contributed by atoms with Crippen LogP contribution in [0.5, 0.6) is 0 Å². The molecule has 52 heavy (non-hydrogen) atoms. The zero-order valence-electron chi connectivity index (χ0n) is 31.6. The fourth-order valence-corrected chi connectivity index (χ4v) is 13.3. The van der Waals surface area contributed by atoms with Gasteiger partial charge in [-0.05, 0) is 112 Å². The van der Waals surface area contributed by atoms with E-state index >= 15 is 0 Å². The van der Waals surface area contributed by atoms with Gasteiger partial charge in [-0.2, -0.15) is 0 Å². The molecular weight excluding hydrogens is 676 g/mol. The number of aliphatic hydroxyl groups is 7. The first-order chi connectivity index (χ1) is 24.5. The Morgan fingerprint density at radius 3 is 2.02 bits per heavy atom. The van der Waals surface area contributed by atoms with Crippen LogP contribution in [0, 0.1) is 52.3 Å². The van der Waals surface area contributed by atoms with E-state index in [2.05, 4.69) is 27.7 Å². The molecular formula is C39H64O13. The Hall–Kier alpha value is -0.520. The first-order valence-electron chi connectivity index (χ1n) is 20.2. The number of ether oxygens (including phenoxy) is 6. The standard InChI is InChI=1S/C39H64O13/c1-16-11-27(41)39(47-15-16)17(2)28-26(52-39)14-23-21-13-25(24-12-20(40)7-9-37(24,5)22(21)8-10-38(23,28)6)50-36-33(46)34(30(43)19(4)49-36)51-35-32(45)31(44)29(42)18(3)48-35/h16-36,40-46H,7-15H2,1-6H3/t16?,17-,18-,19?,20-,21?,22?,23?,24?,25-,26-,27?,28-,29-,30?,31+,32+,33?,34?,35-,36?,37+,38-,39?/m0/s1. The molecule has 4 aliphatic heterocycles. The molecule has 298 valence electrons. The molecule has 4 saturated carbocycles. The second kappa shape index (κ2) is 13.6. The van der Waals surface area contributed by atoms with Crippen LogP contribution in [0.15, 0.2) is 0 Å². The van der Waals surface area contributed by atoms with Crippen molar-refractivity contribution in [2.45, 2.75) is 185 Å². The van der Waals surface area contributed by atoms with Crippen molar-refractivity contribution in [3.05, 3.63) is 0 Å². The lowest BCUT2D eigenvalue weighted by molar-refractivity contribution is -0.363. The average molecular weight is 741 g/mol. The molecule has 4 aliphatic carbocycles. The quantitative estimate of drug-likeness (QED) is 0.205. The molecule has 24 atom stereocenters. The predicted molar refractivity (Wildman–Crippen MR) is 183 cm³/mol. The Balaban J connectivity index is 1.04. The minimum absolute atomic E-state index is 0.00617. The maximum absolute atomic E-state index is 11.7. The number of fused-ring (bicyclic) bond motifs is 7. The number of aliphatic hydroxyl groups excluding tert-OH is 7. The highest BCUT2D eigenvalue weighted by atomic mass is 16.7. The molecule has 0 aromatic rings. The van der Waals surface area contributed by atoms with Gasteiger partial charge in [0, 0.05) is 5.92 Å². The average Bonchev–Trinajstić information content (AvgIpc) is 3.55. The van der Waals surface area contributed by atoms with Crippen LogP contribution in [0.4, 0.5) is 0 Å². The third kappa shape index (κ3) is 5.73. The van der Waals surface area contributed by atoms with Gasteiger partial charge in [0.2, 0.25) is 0 Å². The summed E-state index contributed by atoms with van der Waals surface area (Å²) in [6, 6.07) is 0. The third-order valence-corrected chi connectivity index (χ3v) is 16.1. The Kier molecular flexibility index (Phi) is 10.0. The van der Waals surface area contributed by atoms with Gasteiger partial charge in [-0.25, -0.2) is 0 Å². The van der Waals surface area contributed by atoms with Crippen LogP contribution < -0.4 is 0 Å². The summed E-state index contributed by atoms with van der Waals surface area (Å²) in [5.74, 6) is 0.760. The smallest absolute Gasteiger partial charge is 0.197 e. The zero-order chi connectivity index (χ0) is 37.2. The minimum Gasteiger partial charge on any atom is -0.393 e. The minimum atomic E-state index is -1.60. The molecule has 0 aromatic heterocycles. The summed E-state index contributed by atoms with van der Waals surface area (Å²) in [5.41, 5.74) is -0.122. The monoisotopic (exact) mass is 740 g/mol. The van der Waals surface area contributed by atoms with Crippen LogP contribution in [0.3, 0.4) is 0 Å². The van der Waals surface area contributed by atoms with Crippen molar-refractivity contribution in [3.63, 3.8) is 0 Å². The van der Waals surface area contributed by atoms with E-state index < -0.39 is 79.4 Å². The second-order valence-electron chi connectivity index (χ2n) is 18.9. The lowest BCUT2D eigenvalue weighted by atomic mass is 9.43. The lowest BCUT2D eigenvalue weighted by Gasteiger charge is -2.63. The van der Waals surface area contributed by atoms with E-state index in [0.29, 0.717) is 37.2 Å². The van der Waals surface area contributed by atoms with E-state index in [0.717, 1.165) is 38.5 Å². The SMILES string of the molecule is CC1COC2(O[C@H]3CC4C5C[C@H](OC6OC(C)C(O)C(O[C@@H]7O[C@@H](C)[C@H](O)[C@@H](O)[C@H]7O)C6O)C6C[C@@H](O)CC[C@]6(C)C5CC[C@]4(C)[C@H]3[C@@H]2C)C(O)C1. The van der Waals surface area contributed by atoms with Gasteiger partial charge in [0.1, 0.15) is 42.7 Å². The highest BCUT2D eigenvalue weighted by Gasteiger charge is 2.71. The van der Waals surface area contributed by atoms with Gasteiger partial charge in [-0.15, -0.1) is 0 Å². The number of rotatable bonds is 4. The fourth-order valence-electron chi connectivity index (χ4n) is 13.3. The van der Waals surface area contributed by atoms with Gasteiger partial charge in [-0.3, -0.25) is 0 Å². The van der Waals surface area contributed by atoms with Crippen molar-refractivity contribution >= 4 is 0 Å². The Labute approximate surface area is 307 Å². The molecule has 0 radical (unpaired) electrons. The van der Waals surface area contributed by atoms with Gasteiger partial charge in [0.25, 0.3) is 0 Å². The number of hydrogen-bond acceptors (Lipinski definition) is 13. The molecule has 1 spiro atoms. The maximum atomic E-state index is 11.7. The summed E-state index contributed by atoms with van der Waals surface area (Å²) >= 11 is 0. The highest BCUT2D eigenvalue weighted by molar-refractivity contribution is 5.17. The van der Waals surface area contributed by atoms with Crippen LogP contribution in [-0.4, -0.2) is 134 Å². The van der Waals surface area contributed by atoms with Crippen LogP contribution in [0.1, 0.15) is 92.9 Å².